The van der Waals surface area contributed by atoms with E-state index in [0.29, 0.717) is 44.1 Å². The van der Waals surface area contributed by atoms with Gasteiger partial charge in [-0.2, -0.15) is 5.10 Å². The van der Waals surface area contributed by atoms with Crippen LogP contribution in [0.3, 0.4) is 0 Å². The van der Waals surface area contributed by atoms with Crippen LogP contribution in [0.25, 0.3) is 5.69 Å². The zero-order chi connectivity index (χ0) is 21.1. The van der Waals surface area contributed by atoms with Gasteiger partial charge in [0.25, 0.3) is 5.91 Å². The van der Waals surface area contributed by atoms with Gasteiger partial charge in [-0.15, -0.1) is 0 Å². The summed E-state index contributed by atoms with van der Waals surface area (Å²) in [4.78, 5) is 29.1. The molecule has 1 fully saturated rings. The number of carbonyl (C=O) groups excluding carboxylic acids is 2. The maximum atomic E-state index is 14.4. The van der Waals surface area contributed by atoms with Gasteiger partial charge >= 0.3 is 0 Å². The van der Waals surface area contributed by atoms with Crippen molar-refractivity contribution in [1.82, 2.24) is 24.9 Å². The first-order chi connectivity index (χ1) is 14.6. The summed E-state index contributed by atoms with van der Waals surface area (Å²) in [6, 6.07) is 6.54. The third-order valence-corrected chi connectivity index (χ3v) is 5.83. The molecule has 1 aliphatic carbocycles. The van der Waals surface area contributed by atoms with Crippen molar-refractivity contribution in [3.63, 3.8) is 0 Å². The molecule has 2 aromatic rings. The molecule has 160 valence electrons. The van der Waals surface area contributed by atoms with Crippen LogP contribution in [0.15, 0.2) is 24.3 Å². The van der Waals surface area contributed by atoms with E-state index in [1.165, 1.54) is 6.07 Å². The Morgan fingerprint density at radius 2 is 1.93 bits per heavy atom. The number of fused-ring (bicyclic) bond motifs is 1. The van der Waals surface area contributed by atoms with Crippen LogP contribution >= 0.6 is 0 Å². The summed E-state index contributed by atoms with van der Waals surface area (Å²) in [7, 11) is 0. The molecule has 0 saturated carbocycles. The highest BCUT2D eigenvalue weighted by molar-refractivity contribution is 5.94. The molecule has 7 nitrogen and oxygen atoms in total. The van der Waals surface area contributed by atoms with Crippen LogP contribution < -0.4 is 5.32 Å². The van der Waals surface area contributed by atoms with E-state index in [9.17, 15) is 14.0 Å². The van der Waals surface area contributed by atoms with Gasteiger partial charge in [0.2, 0.25) is 5.91 Å². The fraction of sp³-hybridized carbons (Fsp3) is 0.500. The van der Waals surface area contributed by atoms with Crippen LogP contribution in [-0.2, 0) is 17.6 Å². The predicted octanol–water partition coefficient (Wildman–Crippen LogP) is 1.78. The Morgan fingerprint density at radius 3 is 2.73 bits per heavy atom. The van der Waals surface area contributed by atoms with Crippen molar-refractivity contribution in [1.29, 1.82) is 0 Å². The minimum Gasteiger partial charge on any atom is -0.355 e. The standard InChI is InChI=1S/C22H28FN5O2/c1-2-24-20(29)15-26-11-6-12-27(14-13-26)22(30)21-16-7-5-10-18(16)28(25-21)19-9-4-3-8-17(19)23/h3-4,8-9H,2,5-7,10-15H2,1H3,(H,24,29). The number of hydrogen-bond donors (Lipinski definition) is 1. The van der Waals surface area contributed by atoms with E-state index in [-0.39, 0.29) is 17.6 Å². The van der Waals surface area contributed by atoms with Crippen LogP contribution in [0.2, 0.25) is 0 Å². The van der Waals surface area contributed by atoms with E-state index < -0.39 is 0 Å². The molecule has 1 saturated heterocycles. The number of nitrogens with one attached hydrogen (secondary N) is 1. The van der Waals surface area contributed by atoms with Gasteiger partial charge in [-0.05, 0) is 44.7 Å². The molecular weight excluding hydrogens is 385 g/mol. The molecular formula is C22H28FN5O2. The van der Waals surface area contributed by atoms with E-state index in [1.54, 1.807) is 22.9 Å². The molecule has 2 heterocycles. The molecule has 1 aromatic carbocycles. The Hall–Kier alpha value is -2.74. The smallest absolute Gasteiger partial charge is 0.274 e. The Bertz CT molecular complexity index is 942. The van der Waals surface area contributed by atoms with Gasteiger partial charge in [-0.1, -0.05) is 12.1 Å². The maximum Gasteiger partial charge on any atom is 0.274 e. The largest absolute Gasteiger partial charge is 0.355 e. The van der Waals surface area contributed by atoms with Crippen LogP contribution in [0, 0.1) is 5.82 Å². The fourth-order valence-corrected chi connectivity index (χ4v) is 4.37. The fourth-order valence-electron chi connectivity index (χ4n) is 4.37. The molecule has 0 unspecified atom stereocenters. The topological polar surface area (TPSA) is 70.5 Å². The van der Waals surface area contributed by atoms with E-state index in [1.807, 2.05) is 11.8 Å². The summed E-state index contributed by atoms with van der Waals surface area (Å²) in [5.41, 5.74) is 2.73. The number of hydrogen-bond acceptors (Lipinski definition) is 4. The average molecular weight is 413 g/mol. The van der Waals surface area contributed by atoms with Gasteiger partial charge in [-0.3, -0.25) is 14.5 Å². The third-order valence-electron chi connectivity index (χ3n) is 5.83. The minimum absolute atomic E-state index is 0.0127. The highest BCUT2D eigenvalue weighted by Crippen LogP contribution is 2.29. The molecule has 30 heavy (non-hydrogen) atoms. The zero-order valence-electron chi connectivity index (χ0n) is 17.4. The summed E-state index contributed by atoms with van der Waals surface area (Å²) in [5.74, 6) is -0.425. The molecule has 2 aliphatic rings. The van der Waals surface area contributed by atoms with Gasteiger partial charge in [0, 0.05) is 44.0 Å². The Labute approximate surface area is 175 Å². The van der Waals surface area contributed by atoms with E-state index in [0.717, 1.165) is 43.5 Å². The number of para-hydroxylation sites is 1. The number of likely N-dealkylation sites (N-methyl/N-ethyl adjacent to an activating group) is 1. The van der Waals surface area contributed by atoms with Crippen molar-refractivity contribution in [2.24, 2.45) is 0 Å². The van der Waals surface area contributed by atoms with Crippen molar-refractivity contribution in [2.75, 3.05) is 39.3 Å². The van der Waals surface area contributed by atoms with Crippen LogP contribution in [-0.4, -0.2) is 70.7 Å². The Balaban J connectivity index is 1.52. The molecule has 0 radical (unpaired) electrons. The summed E-state index contributed by atoms with van der Waals surface area (Å²) in [6.07, 6.45) is 3.34. The number of amides is 2. The van der Waals surface area contributed by atoms with Gasteiger partial charge in [0.1, 0.15) is 11.5 Å². The Morgan fingerprint density at radius 1 is 1.10 bits per heavy atom. The minimum atomic E-state index is -0.343. The number of rotatable bonds is 5. The second-order valence-corrected chi connectivity index (χ2v) is 7.87. The molecule has 8 heteroatoms. The van der Waals surface area contributed by atoms with Gasteiger partial charge < -0.3 is 10.2 Å². The molecule has 1 aliphatic heterocycles. The number of aromatic nitrogens is 2. The lowest BCUT2D eigenvalue weighted by Gasteiger charge is -2.21. The number of halogens is 1. The highest BCUT2D eigenvalue weighted by Gasteiger charge is 2.31. The lowest BCUT2D eigenvalue weighted by molar-refractivity contribution is -0.122. The van der Waals surface area contributed by atoms with Crippen molar-refractivity contribution in [3.05, 3.63) is 47.0 Å². The number of nitrogens with zero attached hydrogens (tertiary/aromatic N) is 4. The lowest BCUT2D eigenvalue weighted by atomic mass is 10.2. The summed E-state index contributed by atoms with van der Waals surface area (Å²) in [6.45, 7) is 5.49. The van der Waals surface area contributed by atoms with Crippen molar-refractivity contribution in [3.8, 4) is 5.69 Å². The quantitative estimate of drug-likeness (QED) is 0.811. The summed E-state index contributed by atoms with van der Waals surface area (Å²) >= 11 is 0. The molecule has 1 N–H and O–H groups in total. The van der Waals surface area contributed by atoms with Gasteiger partial charge in [0.05, 0.1) is 6.54 Å². The molecule has 0 atom stereocenters. The maximum absolute atomic E-state index is 14.4. The predicted molar refractivity (Wildman–Crippen MR) is 111 cm³/mol. The molecule has 0 bridgehead atoms. The molecule has 1 aromatic heterocycles. The second kappa shape index (κ2) is 8.95. The van der Waals surface area contributed by atoms with Gasteiger partial charge in [0.15, 0.2) is 5.69 Å². The van der Waals surface area contributed by atoms with E-state index >= 15 is 0 Å². The van der Waals surface area contributed by atoms with Gasteiger partial charge in [-0.25, -0.2) is 9.07 Å². The van der Waals surface area contributed by atoms with Crippen molar-refractivity contribution in [2.45, 2.75) is 32.6 Å². The third kappa shape index (κ3) is 4.09. The Kier molecular flexibility index (Phi) is 6.13. The molecule has 0 spiro atoms. The van der Waals surface area contributed by atoms with Crippen LogP contribution in [0.4, 0.5) is 4.39 Å². The van der Waals surface area contributed by atoms with Crippen molar-refractivity contribution >= 4 is 11.8 Å². The normalized spacial score (nSPS) is 16.9. The number of carbonyl (C=O) groups is 2. The van der Waals surface area contributed by atoms with Crippen molar-refractivity contribution < 1.29 is 14.0 Å². The average Bonchev–Trinajstić information content (AvgIpc) is 3.26. The first-order valence-electron chi connectivity index (χ1n) is 10.7. The van der Waals surface area contributed by atoms with E-state index in [2.05, 4.69) is 15.3 Å². The van der Waals surface area contributed by atoms with Crippen LogP contribution in [0.5, 0.6) is 0 Å². The second-order valence-electron chi connectivity index (χ2n) is 7.87. The SMILES string of the molecule is CCNC(=O)CN1CCCN(C(=O)c2nn(-c3ccccc3F)c3c2CCC3)CC1. The monoisotopic (exact) mass is 413 g/mol. The summed E-state index contributed by atoms with van der Waals surface area (Å²) in [5, 5.41) is 7.39. The van der Waals surface area contributed by atoms with Crippen LogP contribution in [0.1, 0.15) is 41.5 Å². The summed E-state index contributed by atoms with van der Waals surface area (Å²) < 4.78 is 16.0. The first kappa shape index (κ1) is 20.5. The zero-order valence-corrected chi connectivity index (χ0v) is 17.4. The lowest BCUT2D eigenvalue weighted by Crippen LogP contribution is -2.40. The highest BCUT2D eigenvalue weighted by atomic mass is 19.1. The molecule has 2 amide bonds. The van der Waals surface area contributed by atoms with E-state index in [4.69, 9.17) is 0 Å². The number of benzene rings is 1. The first-order valence-corrected chi connectivity index (χ1v) is 10.7. The molecule has 4 rings (SSSR count).